The molecule has 0 spiro atoms. The van der Waals surface area contributed by atoms with Gasteiger partial charge >= 0.3 is 0 Å². The summed E-state index contributed by atoms with van der Waals surface area (Å²) in [5.74, 6) is -0.153. The highest BCUT2D eigenvalue weighted by Crippen LogP contribution is 2.01. The van der Waals surface area contributed by atoms with Gasteiger partial charge in [0.2, 0.25) is 0 Å². The maximum atomic E-state index is 12.6. The maximum absolute atomic E-state index is 12.6. The summed E-state index contributed by atoms with van der Waals surface area (Å²) < 4.78 is 12.6. The Kier molecular flexibility index (Phi) is 5.22. The number of benzene rings is 1. The fourth-order valence-corrected chi connectivity index (χ4v) is 0.812. The summed E-state index contributed by atoms with van der Waals surface area (Å²) in [5, 5.41) is 7.51. The second-order valence-electron chi connectivity index (χ2n) is 2.13. The van der Waals surface area contributed by atoms with Crippen LogP contribution in [0.3, 0.4) is 0 Å². The lowest BCUT2D eigenvalue weighted by molar-refractivity contribution is -0.122. The van der Waals surface area contributed by atoms with Crippen molar-refractivity contribution in [1.29, 1.82) is 0 Å². The molecule has 0 saturated carbocycles. The van der Waals surface area contributed by atoms with Crippen molar-refractivity contribution in [1.82, 2.24) is 0 Å². The minimum atomic E-state index is -0.250. The van der Waals surface area contributed by atoms with Crippen LogP contribution < -0.4 is 5.30 Å². The van der Waals surface area contributed by atoms with Gasteiger partial charge in [-0.25, -0.2) is 4.39 Å². The first-order chi connectivity index (χ1) is 5.61. The van der Waals surface area contributed by atoms with Crippen molar-refractivity contribution in [2.45, 2.75) is 6.92 Å². The molecule has 0 aromatic heterocycles. The molecule has 0 amide bonds. The van der Waals surface area contributed by atoms with E-state index in [1.165, 1.54) is 6.07 Å². The molecule has 0 bridgehead atoms. The molecule has 12 heavy (non-hydrogen) atoms. The van der Waals surface area contributed by atoms with E-state index in [9.17, 15) is 4.39 Å². The van der Waals surface area contributed by atoms with Gasteiger partial charge in [0.05, 0.1) is 0 Å². The van der Waals surface area contributed by atoms with Crippen LogP contribution in [-0.4, -0.2) is 11.6 Å². The van der Waals surface area contributed by atoms with Gasteiger partial charge in [-0.05, 0) is 18.6 Å². The zero-order valence-corrected chi connectivity index (χ0v) is 7.77. The second kappa shape index (κ2) is 5.67. The Balaban J connectivity index is 0.000000354. The highest BCUT2D eigenvalue weighted by Gasteiger charge is 1.93. The van der Waals surface area contributed by atoms with E-state index in [1.54, 1.807) is 6.07 Å². The number of hydrogen-bond acceptors (Lipinski definition) is 1. The Morgan fingerprint density at radius 3 is 2.42 bits per heavy atom. The van der Waals surface area contributed by atoms with Crippen LogP contribution in [0.25, 0.3) is 0 Å². The Morgan fingerprint density at radius 2 is 2.08 bits per heavy atom. The van der Waals surface area contributed by atoms with Gasteiger partial charge in [-0.15, -0.1) is 9.24 Å². The Bertz CT molecular complexity index is 263. The minimum Gasteiger partial charge on any atom is -0.483 e. The summed E-state index contributed by atoms with van der Waals surface area (Å²) in [5.41, 5.74) is 0.957. The molecule has 0 heterocycles. The summed E-state index contributed by atoms with van der Waals surface area (Å²) in [6.45, 7) is 1.62. The van der Waals surface area contributed by atoms with Crippen molar-refractivity contribution in [3.05, 3.63) is 29.6 Å². The fraction of sp³-hybridized carbons (Fsp3) is 0.125. The Labute approximate surface area is 72.6 Å². The van der Waals surface area contributed by atoms with Crippen molar-refractivity contribution in [3.8, 4) is 0 Å². The molecular formula is C8H10FO2P. The summed E-state index contributed by atoms with van der Waals surface area (Å²) in [6.07, 6.45) is 0. The SMILES string of the molecule is Cc1ccc(P)c(F)c1.O=CO. The Morgan fingerprint density at radius 1 is 1.58 bits per heavy atom. The van der Waals surface area contributed by atoms with E-state index in [4.69, 9.17) is 9.90 Å². The minimum absolute atomic E-state index is 0.153. The number of halogens is 1. The average molecular weight is 188 g/mol. The zero-order chi connectivity index (χ0) is 9.56. The molecule has 0 aliphatic rings. The number of carboxylic acid groups (broad SMARTS) is 1. The van der Waals surface area contributed by atoms with Crippen LogP contribution in [0.15, 0.2) is 18.2 Å². The van der Waals surface area contributed by atoms with Crippen LogP contribution in [0.2, 0.25) is 0 Å². The average Bonchev–Trinajstić information content (AvgIpc) is 1.99. The third-order valence-electron chi connectivity index (χ3n) is 1.16. The monoisotopic (exact) mass is 188 g/mol. The lowest BCUT2D eigenvalue weighted by atomic mass is 10.2. The predicted octanol–water partition coefficient (Wildman–Crippen LogP) is 1.34. The molecule has 1 rings (SSSR count). The molecule has 0 aliphatic heterocycles. The first-order valence-electron chi connectivity index (χ1n) is 3.21. The van der Waals surface area contributed by atoms with Gasteiger partial charge in [-0.3, -0.25) is 4.79 Å². The topological polar surface area (TPSA) is 37.3 Å². The predicted molar refractivity (Wildman–Crippen MR) is 49.2 cm³/mol. The van der Waals surface area contributed by atoms with E-state index in [-0.39, 0.29) is 12.3 Å². The van der Waals surface area contributed by atoms with Gasteiger partial charge in [0.15, 0.2) is 0 Å². The summed E-state index contributed by atoms with van der Waals surface area (Å²) >= 11 is 0. The van der Waals surface area contributed by atoms with Crippen molar-refractivity contribution < 1.29 is 14.3 Å². The number of hydrogen-bond donors (Lipinski definition) is 1. The highest BCUT2D eigenvalue weighted by molar-refractivity contribution is 7.27. The zero-order valence-electron chi connectivity index (χ0n) is 6.62. The summed E-state index contributed by atoms with van der Waals surface area (Å²) in [4.78, 5) is 8.36. The van der Waals surface area contributed by atoms with Gasteiger partial charge < -0.3 is 5.11 Å². The van der Waals surface area contributed by atoms with Crippen LogP contribution in [0.1, 0.15) is 5.56 Å². The van der Waals surface area contributed by atoms with Crippen molar-refractivity contribution in [2.75, 3.05) is 0 Å². The van der Waals surface area contributed by atoms with Crippen LogP contribution in [0.4, 0.5) is 4.39 Å². The third kappa shape index (κ3) is 4.04. The molecule has 1 unspecified atom stereocenters. The van der Waals surface area contributed by atoms with Gasteiger partial charge in [-0.2, -0.15) is 0 Å². The molecule has 1 N–H and O–H groups in total. The largest absolute Gasteiger partial charge is 0.483 e. The summed E-state index contributed by atoms with van der Waals surface area (Å²) in [6, 6.07) is 5.14. The van der Waals surface area contributed by atoms with Crippen molar-refractivity contribution >= 4 is 21.0 Å². The number of carbonyl (C=O) groups is 1. The van der Waals surface area contributed by atoms with E-state index >= 15 is 0 Å². The van der Waals surface area contributed by atoms with Crippen LogP contribution in [-0.2, 0) is 4.79 Å². The number of rotatable bonds is 0. The smallest absolute Gasteiger partial charge is 0.290 e. The molecule has 0 fully saturated rings. The first-order valence-corrected chi connectivity index (χ1v) is 3.79. The molecule has 1 aromatic rings. The lowest BCUT2D eigenvalue weighted by Crippen LogP contribution is -1.96. The lowest BCUT2D eigenvalue weighted by Gasteiger charge is -1.94. The molecule has 66 valence electrons. The molecule has 0 aliphatic carbocycles. The molecule has 0 radical (unpaired) electrons. The van der Waals surface area contributed by atoms with E-state index in [2.05, 4.69) is 9.24 Å². The quantitative estimate of drug-likeness (QED) is 0.492. The van der Waals surface area contributed by atoms with E-state index in [1.807, 2.05) is 13.0 Å². The first kappa shape index (κ1) is 11.1. The molecule has 1 aromatic carbocycles. The summed E-state index contributed by atoms with van der Waals surface area (Å²) in [7, 11) is 2.33. The van der Waals surface area contributed by atoms with E-state index in [0.717, 1.165) is 5.56 Å². The molecular weight excluding hydrogens is 178 g/mol. The number of aryl methyl sites for hydroxylation is 1. The van der Waals surface area contributed by atoms with Crippen LogP contribution in [0, 0.1) is 12.7 Å². The maximum Gasteiger partial charge on any atom is 0.290 e. The van der Waals surface area contributed by atoms with Gasteiger partial charge in [0.1, 0.15) is 5.82 Å². The van der Waals surface area contributed by atoms with Gasteiger partial charge in [0.25, 0.3) is 6.47 Å². The van der Waals surface area contributed by atoms with Crippen LogP contribution >= 0.6 is 9.24 Å². The van der Waals surface area contributed by atoms with Gasteiger partial charge in [0, 0.05) is 5.30 Å². The standard InChI is InChI=1S/C7H8FP.CH2O2/c1-5-2-3-7(9)6(8)4-5;2-1-3/h2-4H,9H2,1H3;1H,(H,2,3). The molecule has 2 nitrogen and oxygen atoms in total. The third-order valence-corrected chi connectivity index (χ3v) is 1.62. The van der Waals surface area contributed by atoms with Crippen molar-refractivity contribution in [2.24, 2.45) is 0 Å². The molecule has 0 saturated heterocycles. The van der Waals surface area contributed by atoms with E-state index in [0.29, 0.717) is 5.30 Å². The van der Waals surface area contributed by atoms with Gasteiger partial charge in [-0.1, -0.05) is 12.1 Å². The second-order valence-corrected chi connectivity index (χ2v) is 2.75. The molecule has 1 atom stereocenters. The molecule has 4 heteroatoms. The van der Waals surface area contributed by atoms with E-state index < -0.39 is 0 Å². The normalized spacial score (nSPS) is 8.25. The fourth-order valence-electron chi connectivity index (χ4n) is 0.632. The van der Waals surface area contributed by atoms with Crippen molar-refractivity contribution in [3.63, 3.8) is 0 Å². The highest BCUT2D eigenvalue weighted by atomic mass is 31.0. The van der Waals surface area contributed by atoms with Crippen LogP contribution in [0.5, 0.6) is 0 Å². The Hall–Kier alpha value is -0.950.